The molecule has 1 saturated heterocycles. The van der Waals surface area contributed by atoms with Gasteiger partial charge in [-0.15, -0.1) is 0 Å². The van der Waals surface area contributed by atoms with E-state index >= 15 is 0 Å². The van der Waals surface area contributed by atoms with Gasteiger partial charge in [0.2, 0.25) is 0 Å². The number of carbonyl (C=O) groups excluding carboxylic acids is 2. The second kappa shape index (κ2) is 9.02. The van der Waals surface area contributed by atoms with Gasteiger partial charge in [0.25, 0.3) is 5.91 Å². The molecule has 0 saturated carbocycles. The molecule has 7 heteroatoms. The third-order valence-corrected chi connectivity index (χ3v) is 4.29. The summed E-state index contributed by atoms with van der Waals surface area (Å²) < 4.78 is 10.2. The molecular formula is C12H20INO4S. The van der Waals surface area contributed by atoms with Crippen LogP contribution in [0.4, 0.5) is 0 Å². The molecular weight excluding hydrogens is 381 g/mol. The van der Waals surface area contributed by atoms with E-state index in [4.69, 9.17) is 8.92 Å². The minimum absolute atomic E-state index is 0.0901. The maximum Gasteiger partial charge on any atom is 0.303 e. The quantitative estimate of drug-likeness (QED) is 0.297. The Morgan fingerprint density at radius 3 is 2.58 bits per heavy atom. The van der Waals surface area contributed by atoms with Gasteiger partial charge in [-0.2, -0.15) is 0 Å². The van der Waals surface area contributed by atoms with Crippen LogP contribution in [0.25, 0.3) is 0 Å². The van der Waals surface area contributed by atoms with Gasteiger partial charge in [0.15, 0.2) is 6.10 Å². The minimum atomic E-state index is -0.673. The van der Waals surface area contributed by atoms with E-state index in [1.807, 2.05) is 0 Å². The lowest BCUT2D eigenvalue weighted by atomic mass is 9.94. The maximum absolute atomic E-state index is 12.0. The summed E-state index contributed by atoms with van der Waals surface area (Å²) in [5, 5.41) is 0. The van der Waals surface area contributed by atoms with E-state index in [9.17, 15) is 9.59 Å². The third kappa shape index (κ3) is 6.31. The summed E-state index contributed by atoms with van der Waals surface area (Å²) in [6.45, 7) is 5.19. The highest BCUT2D eigenvalue weighted by molar-refractivity contribution is 14.2. The van der Waals surface area contributed by atoms with Crippen molar-refractivity contribution in [1.82, 2.24) is 4.90 Å². The van der Waals surface area contributed by atoms with Crippen molar-refractivity contribution < 1.29 is 18.5 Å². The predicted molar refractivity (Wildman–Crippen MR) is 82.7 cm³/mol. The van der Waals surface area contributed by atoms with Crippen molar-refractivity contribution >= 4 is 42.3 Å². The van der Waals surface area contributed by atoms with Crippen LogP contribution in [0, 0.1) is 5.92 Å². The van der Waals surface area contributed by atoms with Crippen molar-refractivity contribution in [2.24, 2.45) is 5.92 Å². The van der Waals surface area contributed by atoms with Gasteiger partial charge in [0, 0.05) is 41.2 Å². The van der Waals surface area contributed by atoms with Crippen LogP contribution in [0.15, 0.2) is 0 Å². The molecule has 0 bridgehead atoms. The van der Waals surface area contributed by atoms with Crippen LogP contribution in [0.1, 0.15) is 33.1 Å². The number of hydrogen-bond acceptors (Lipinski definition) is 5. The number of likely N-dealkylation sites (tertiary alicyclic amines) is 1. The Morgan fingerprint density at radius 1 is 1.42 bits per heavy atom. The van der Waals surface area contributed by atoms with Crippen LogP contribution >= 0.6 is 30.4 Å². The van der Waals surface area contributed by atoms with Crippen LogP contribution in [0.5, 0.6) is 0 Å². The van der Waals surface area contributed by atoms with E-state index < -0.39 is 12.1 Å². The standard InChI is InChI=1S/C12H20INO4S/c1-9(18-10(2)15)12(16)14-6-3-11(4-7-14)5-8-17-19-13/h9,11H,3-8H2,1-2H3/t9-/m0/s1. The Hall–Kier alpha value is -0.0200. The first kappa shape index (κ1) is 17.0. The van der Waals surface area contributed by atoms with Crippen molar-refractivity contribution in [2.45, 2.75) is 39.2 Å². The molecule has 1 fully saturated rings. The summed E-state index contributed by atoms with van der Waals surface area (Å²) in [5.74, 6) is 0.119. The molecule has 110 valence electrons. The molecule has 0 spiro atoms. The van der Waals surface area contributed by atoms with Gasteiger partial charge in [-0.1, -0.05) is 0 Å². The molecule has 1 aliphatic rings. The molecule has 0 radical (unpaired) electrons. The zero-order chi connectivity index (χ0) is 14.3. The van der Waals surface area contributed by atoms with Crippen molar-refractivity contribution in [1.29, 1.82) is 0 Å². The third-order valence-electron chi connectivity index (χ3n) is 3.27. The molecule has 0 unspecified atom stereocenters. The Morgan fingerprint density at radius 2 is 2.05 bits per heavy atom. The molecule has 1 rings (SSSR count). The molecule has 1 atom stereocenters. The van der Waals surface area contributed by atoms with E-state index in [0.29, 0.717) is 5.92 Å². The molecule has 1 amide bonds. The molecule has 0 N–H and O–H groups in total. The summed E-state index contributed by atoms with van der Waals surface area (Å²) in [7, 11) is 1.36. The van der Waals surface area contributed by atoms with E-state index in [0.717, 1.165) is 39.0 Å². The predicted octanol–water partition coefficient (Wildman–Crippen LogP) is 2.58. The molecule has 0 aromatic rings. The van der Waals surface area contributed by atoms with E-state index in [2.05, 4.69) is 21.2 Å². The Balaban J connectivity index is 2.28. The molecule has 1 heterocycles. The first-order valence-electron chi connectivity index (χ1n) is 6.40. The number of halogens is 1. The largest absolute Gasteiger partial charge is 0.453 e. The van der Waals surface area contributed by atoms with Gasteiger partial charge in [-0.3, -0.25) is 9.59 Å². The van der Waals surface area contributed by atoms with E-state index in [1.54, 1.807) is 11.8 Å². The molecule has 5 nitrogen and oxygen atoms in total. The van der Waals surface area contributed by atoms with Gasteiger partial charge in [0.05, 0.1) is 15.8 Å². The Labute approximate surface area is 130 Å². The summed E-state index contributed by atoms with van der Waals surface area (Å²) in [6, 6.07) is 0. The summed E-state index contributed by atoms with van der Waals surface area (Å²) in [6.07, 6.45) is 2.35. The van der Waals surface area contributed by atoms with E-state index in [-0.39, 0.29) is 5.91 Å². The topological polar surface area (TPSA) is 55.8 Å². The zero-order valence-corrected chi connectivity index (χ0v) is 14.2. The van der Waals surface area contributed by atoms with Crippen LogP contribution in [0.3, 0.4) is 0 Å². The minimum Gasteiger partial charge on any atom is -0.453 e. The van der Waals surface area contributed by atoms with Gasteiger partial charge < -0.3 is 13.8 Å². The highest BCUT2D eigenvalue weighted by Gasteiger charge is 2.27. The summed E-state index contributed by atoms with van der Waals surface area (Å²) >= 11 is 2.11. The highest BCUT2D eigenvalue weighted by Crippen LogP contribution is 2.23. The Kier molecular flexibility index (Phi) is 8.08. The van der Waals surface area contributed by atoms with Gasteiger partial charge in [-0.25, -0.2) is 0 Å². The van der Waals surface area contributed by atoms with Crippen LogP contribution in [-0.4, -0.2) is 42.6 Å². The highest BCUT2D eigenvalue weighted by atomic mass is 127. The number of carbonyl (C=O) groups is 2. The Bertz CT molecular complexity index is 308. The SMILES string of the molecule is CC(=O)O[C@@H](C)C(=O)N1CCC(CCOSI)CC1. The first-order chi connectivity index (χ1) is 9.04. The van der Waals surface area contributed by atoms with Gasteiger partial charge >= 0.3 is 5.97 Å². The van der Waals surface area contributed by atoms with Crippen molar-refractivity contribution in [3.05, 3.63) is 0 Å². The number of amides is 1. The lowest BCUT2D eigenvalue weighted by molar-refractivity contribution is -0.158. The molecule has 0 aliphatic carbocycles. The zero-order valence-electron chi connectivity index (χ0n) is 11.3. The van der Waals surface area contributed by atoms with Crippen molar-refractivity contribution in [2.75, 3.05) is 19.7 Å². The van der Waals surface area contributed by atoms with E-state index in [1.165, 1.54) is 16.1 Å². The van der Waals surface area contributed by atoms with Crippen molar-refractivity contribution in [3.8, 4) is 0 Å². The second-order valence-electron chi connectivity index (χ2n) is 4.69. The van der Waals surface area contributed by atoms with Crippen LogP contribution < -0.4 is 0 Å². The van der Waals surface area contributed by atoms with Crippen LogP contribution in [0.2, 0.25) is 0 Å². The van der Waals surface area contributed by atoms with Crippen molar-refractivity contribution in [3.63, 3.8) is 0 Å². The number of esters is 1. The number of piperidine rings is 1. The fraction of sp³-hybridized carbons (Fsp3) is 0.833. The monoisotopic (exact) mass is 401 g/mol. The summed E-state index contributed by atoms with van der Waals surface area (Å²) in [5.41, 5.74) is 0. The molecule has 19 heavy (non-hydrogen) atoms. The number of hydrogen-bond donors (Lipinski definition) is 0. The lowest BCUT2D eigenvalue weighted by Gasteiger charge is -2.33. The smallest absolute Gasteiger partial charge is 0.303 e. The fourth-order valence-electron chi connectivity index (χ4n) is 2.24. The lowest BCUT2D eigenvalue weighted by Crippen LogP contribution is -2.44. The maximum atomic E-state index is 12.0. The normalized spacial score (nSPS) is 18.2. The molecule has 0 aromatic carbocycles. The fourth-order valence-corrected chi connectivity index (χ4v) is 2.94. The second-order valence-corrected chi connectivity index (χ2v) is 6.13. The first-order valence-corrected chi connectivity index (χ1v) is 9.69. The van der Waals surface area contributed by atoms with Gasteiger partial charge in [-0.05, 0) is 32.1 Å². The van der Waals surface area contributed by atoms with Gasteiger partial charge in [0.1, 0.15) is 0 Å². The number of ether oxygens (including phenoxy) is 1. The average molecular weight is 401 g/mol. The van der Waals surface area contributed by atoms with Crippen LogP contribution in [-0.2, 0) is 18.5 Å². The number of rotatable bonds is 6. The summed E-state index contributed by atoms with van der Waals surface area (Å²) in [4.78, 5) is 24.6. The molecule has 1 aliphatic heterocycles. The molecule has 0 aromatic heterocycles. The average Bonchev–Trinajstić information content (AvgIpc) is 2.38. The number of nitrogens with zero attached hydrogens (tertiary/aromatic N) is 1.